The molecule has 0 saturated carbocycles. The van der Waals surface area contributed by atoms with E-state index in [9.17, 15) is 0 Å². The molecule has 1 fully saturated rings. The molecule has 0 aromatic carbocycles. The van der Waals surface area contributed by atoms with Gasteiger partial charge < -0.3 is 9.64 Å². The van der Waals surface area contributed by atoms with E-state index >= 15 is 0 Å². The fraction of sp³-hybridized carbons (Fsp3) is 0.455. The van der Waals surface area contributed by atoms with Gasteiger partial charge in [0.1, 0.15) is 10.6 Å². The van der Waals surface area contributed by atoms with Crippen molar-refractivity contribution >= 4 is 39.0 Å². The molecule has 3 rings (SSSR count). The van der Waals surface area contributed by atoms with Crippen LogP contribution in [0.15, 0.2) is 5.38 Å². The molecule has 2 aromatic heterocycles. The smallest absolute Gasteiger partial charge is 0.225 e. The molecule has 1 saturated heterocycles. The van der Waals surface area contributed by atoms with Crippen LogP contribution in [0.4, 0.5) is 5.82 Å². The quantitative estimate of drug-likeness (QED) is 0.746. The van der Waals surface area contributed by atoms with Crippen LogP contribution in [0.25, 0.3) is 10.2 Å². The molecule has 0 spiro atoms. The van der Waals surface area contributed by atoms with Gasteiger partial charge >= 0.3 is 0 Å². The molecular weight excluding hydrogens is 258 g/mol. The van der Waals surface area contributed by atoms with Gasteiger partial charge in [-0.25, -0.2) is 4.98 Å². The Balaban J connectivity index is 2.15. The number of aromatic nitrogens is 2. The summed E-state index contributed by atoms with van der Waals surface area (Å²) in [5, 5.41) is 3.54. The largest absolute Gasteiger partial charge is 0.378 e. The highest BCUT2D eigenvalue weighted by Crippen LogP contribution is 2.32. The molecule has 0 unspecified atom stereocenters. The molecule has 0 bridgehead atoms. The maximum Gasteiger partial charge on any atom is 0.225 e. The maximum absolute atomic E-state index is 5.98. The monoisotopic (exact) mass is 269 g/mol. The molecule has 17 heavy (non-hydrogen) atoms. The zero-order chi connectivity index (χ0) is 11.8. The summed E-state index contributed by atoms with van der Waals surface area (Å²) in [6.45, 7) is 5.29. The average Bonchev–Trinajstić information content (AvgIpc) is 2.71. The van der Waals surface area contributed by atoms with Crippen molar-refractivity contribution in [2.45, 2.75) is 6.92 Å². The Morgan fingerprint density at radius 1 is 1.35 bits per heavy atom. The lowest BCUT2D eigenvalue weighted by Crippen LogP contribution is -2.37. The highest BCUT2D eigenvalue weighted by molar-refractivity contribution is 7.17. The maximum atomic E-state index is 5.98. The lowest BCUT2D eigenvalue weighted by molar-refractivity contribution is 0.122. The molecule has 2 aromatic rings. The van der Waals surface area contributed by atoms with E-state index in [2.05, 4.69) is 27.2 Å². The molecule has 1 aliphatic heterocycles. The van der Waals surface area contributed by atoms with Crippen LogP contribution in [-0.2, 0) is 4.74 Å². The average molecular weight is 270 g/mol. The van der Waals surface area contributed by atoms with Crippen LogP contribution >= 0.6 is 22.9 Å². The number of halogens is 1. The molecular formula is C11H12ClN3OS. The molecule has 0 radical (unpaired) electrons. The lowest BCUT2D eigenvalue weighted by atomic mass is 10.2. The summed E-state index contributed by atoms with van der Waals surface area (Å²) in [7, 11) is 0. The molecule has 0 atom stereocenters. The Morgan fingerprint density at radius 3 is 2.88 bits per heavy atom. The van der Waals surface area contributed by atoms with Gasteiger partial charge in [-0.2, -0.15) is 4.98 Å². The number of hydrogen-bond donors (Lipinski definition) is 0. The minimum Gasteiger partial charge on any atom is -0.378 e. The Morgan fingerprint density at radius 2 is 2.12 bits per heavy atom. The van der Waals surface area contributed by atoms with Crippen molar-refractivity contribution in [1.29, 1.82) is 0 Å². The molecule has 1 aliphatic rings. The number of aryl methyl sites for hydroxylation is 1. The second-order valence-corrected chi connectivity index (χ2v) is 5.21. The topological polar surface area (TPSA) is 38.2 Å². The van der Waals surface area contributed by atoms with Gasteiger partial charge in [0.05, 0.1) is 18.6 Å². The number of anilines is 1. The first-order valence-corrected chi connectivity index (χ1v) is 6.75. The van der Waals surface area contributed by atoms with Crippen molar-refractivity contribution in [2.75, 3.05) is 31.2 Å². The van der Waals surface area contributed by atoms with Gasteiger partial charge in [-0.15, -0.1) is 11.3 Å². The summed E-state index contributed by atoms with van der Waals surface area (Å²) in [5.41, 5.74) is 1.21. The number of hydrogen-bond acceptors (Lipinski definition) is 5. The van der Waals surface area contributed by atoms with Crippen molar-refractivity contribution in [3.05, 3.63) is 16.2 Å². The fourth-order valence-electron chi connectivity index (χ4n) is 2.04. The second kappa shape index (κ2) is 4.40. The van der Waals surface area contributed by atoms with Crippen molar-refractivity contribution < 1.29 is 4.74 Å². The number of fused-ring (bicyclic) bond motifs is 1. The van der Waals surface area contributed by atoms with Gasteiger partial charge in [0.25, 0.3) is 0 Å². The molecule has 0 amide bonds. The number of nitrogens with zero attached hydrogens (tertiary/aromatic N) is 3. The summed E-state index contributed by atoms with van der Waals surface area (Å²) in [6, 6.07) is 0. The third-order valence-corrected chi connectivity index (χ3v) is 4.04. The fourth-order valence-corrected chi connectivity index (χ4v) is 3.17. The van der Waals surface area contributed by atoms with E-state index in [1.165, 1.54) is 5.56 Å². The third-order valence-electron chi connectivity index (χ3n) is 2.88. The van der Waals surface area contributed by atoms with E-state index < -0.39 is 0 Å². The highest BCUT2D eigenvalue weighted by Gasteiger charge is 2.19. The Kier molecular flexibility index (Phi) is 2.90. The van der Waals surface area contributed by atoms with Crippen molar-refractivity contribution in [1.82, 2.24) is 9.97 Å². The van der Waals surface area contributed by atoms with E-state index in [4.69, 9.17) is 16.3 Å². The molecule has 4 nitrogen and oxygen atoms in total. The van der Waals surface area contributed by atoms with E-state index in [0.717, 1.165) is 42.3 Å². The Bertz CT molecular complexity index is 551. The molecule has 90 valence electrons. The van der Waals surface area contributed by atoms with Gasteiger partial charge in [0.2, 0.25) is 5.28 Å². The predicted molar refractivity (Wildman–Crippen MR) is 70.2 cm³/mol. The Labute approximate surface area is 108 Å². The summed E-state index contributed by atoms with van der Waals surface area (Å²) in [6.07, 6.45) is 0. The summed E-state index contributed by atoms with van der Waals surface area (Å²) in [5.74, 6) is 0.946. The minimum absolute atomic E-state index is 0.320. The van der Waals surface area contributed by atoms with Gasteiger partial charge in [-0.3, -0.25) is 0 Å². The minimum atomic E-state index is 0.320. The van der Waals surface area contributed by atoms with E-state index in [0.29, 0.717) is 5.28 Å². The highest BCUT2D eigenvalue weighted by atomic mass is 35.5. The van der Waals surface area contributed by atoms with Crippen LogP contribution in [0.1, 0.15) is 5.56 Å². The normalized spacial score (nSPS) is 16.7. The summed E-state index contributed by atoms with van der Waals surface area (Å²) < 4.78 is 5.36. The van der Waals surface area contributed by atoms with Crippen LogP contribution in [0, 0.1) is 6.92 Å². The van der Waals surface area contributed by atoms with Gasteiger partial charge in [-0.1, -0.05) is 0 Å². The van der Waals surface area contributed by atoms with Crippen LogP contribution in [0.5, 0.6) is 0 Å². The van der Waals surface area contributed by atoms with Gasteiger partial charge in [0, 0.05) is 13.1 Å². The lowest BCUT2D eigenvalue weighted by Gasteiger charge is -2.28. The SMILES string of the molecule is Cc1csc2nc(Cl)nc(N3CCOCC3)c12. The summed E-state index contributed by atoms with van der Waals surface area (Å²) >= 11 is 7.59. The summed E-state index contributed by atoms with van der Waals surface area (Å²) in [4.78, 5) is 11.8. The number of morpholine rings is 1. The van der Waals surface area contributed by atoms with Crippen LogP contribution in [-0.4, -0.2) is 36.3 Å². The zero-order valence-electron chi connectivity index (χ0n) is 9.44. The number of rotatable bonds is 1. The first-order chi connectivity index (χ1) is 8.25. The second-order valence-electron chi connectivity index (χ2n) is 4.01. The Hall–Kier alpha value is -0.910. The van der Waals surface area contributed by atoms with Crippen molar-refractivity contribution in [3.63, 3.8) is 0 Å². The first kappa shape index (κ1) is 11.2. The number of ether oxygens (including phenoxy) is 1. The molecule has 0 N–H and O–H groups in total. The van der Waals surface area contributed by atoms with Gasteiger partial charge in [0.15, 0.2) is 0 Å². The standard InChI is InChI=1S/C11H12ClN3OS/c1-7-6-17-10-8(7)9(13-11(12)14-10)15-2-4-16-5-3-15/h6H,2-5H2,1H3. The van der Waals surface area contributed by atoms with Crippen LogP contribution in [0.2, 0.25) is 5.28 Å². The van der Waals surface area contributed by atoms with Crippen LogP contribution < -0.4 is 4.90 Å². The molecule has 0 aliphatic carbocycles. The third kappa shape index (κ3) is 1.99. The van der Waals surface area contributed by atoms with E-state index in [-0.39, 0.29) is 0 Å². The van der Waals surface area contributed by atoms with Crippen molar-refractivity contribution in [3.8, 4) is 0 Å². The molecule has 3 heterocycles. The van der Waals surface area contributed by atoms with Crippen LogP contribution in [0.3, 0.4) is 0 Å². The van der Waals surface area contributed by atoms with Crippen molar-refractivity contribution in [2.24, 2.45) is 0 Å². The first-order valence-electron chi connectivity index (χ1n) is 5.50. The number of thiophene rings is 1. The van der Waals surface area contributed by atoms with Gasteiger partial charge in [-0.05, 0) is 29.5 Å². The van der Waals surface area contributed by atoms with E-state index in [1.807, 2.05) is 0 Å². The molecule has 6 heteroatoms. The zero-order valence-corrected chi connectivity index (χ0v) is 11.0. The predicted octanol–water partition coefficient (Wildman–Crippen LogP) is 2.49. The van der Waals surface area contributed by atoms with E-state index in [1.54, 1.807) is 11.3 Å².